The maximum atomic E-state index is 14.6. The molecular formula is C43H48FN4O11+. The summed E-state index contributed by atoms with van der Waals surface area (Å²) in [6, 6.07) is 21.0. The van der Waals surface area contributed by atoms with Crippen LogP contribution in [0.15, 0.2) is 77.2 Å². The number of hydrogen-bond donors (Lipinski definition) is 0. The molecule has 0 saturated heterocycles. The molecule has 0 atom stereocenters. The number of fused-ring (bicyclic) bond motifs is 2. The Kier molecular flexibility index (Phi) is 14.3. The molecule has 0 N–H and O–H groups in total. The number of benzene rings is 4. The Morgan fingerprint density at radius 2 is 1.17 bits per heavy atom. The molecule has 2 aliphatic rings. The van der Waals surface area contributed by atoms with E-state index in [0.29, 0.717) is 17.0 Å². The third kappa shape index (κ3) is 10.6. The molecule has 0 fully saturated rings. The molecule has 1 heterocycles. The van der Waals surface area contributed by atoms with Crippen LogP contribution in [0.3, 0.4) is 0 Å². The van der Waals surface area contributed by atoms with Gasteiger partial charge in [0, 0.05) is 54.5 Å². The van der Waals surface area contributed by atoms with Crippen LogP contribution in [-0.4, -0.2) is 120 Å². The lowest BCUT2D eigenvalue weighted by molar-refractivity contribution is -0.141. The molecule has 3 aromatic carbocycles. The maximum Gasteiger partial charge on any atom is 0.325 e. The molecule has 0 radical (unpaired) electrons. The van der Waals surface area contributed by atoms with Crippen LogP contribution >= 0.6 is 0 Å². The zero-order chi connectivity index (χ0) is 42.8. The molecule has 0 amide bonds. The van der Waals surface area contributed by atoms with E-state index >= 15 is 0 Å². The van der Waals surface area contributed by atoms with Crippen molar-refractivity contribution in [3.63, 3.8) is 0 Å². The number of methoxy groups -OCH3 is 4. The summed E-state index contributed by atoms with van der Waals surface area (Å²) < 4.78 is 55.0. The summed E-state index contributed by atoms with van der Waals surface area (Å²) in [4.78, 5) is 54.6. The van der Waals surface area contributed by atoms with Crippen LogP contribution in [0.2, 0.25) is 0 Å². The summed E-state index contributed by atoms with van der Waals surface area (Å²) >= 11 is 0. The van der Waals surface area contributed by atoms with Crippen molar-refractivity contribution in [3.8, 4) is 33.9 Å². The Morgan fingerprint density at radius 3 is 1.68 bits per heavy atom. The Bertz CT molecular complexity index is 2340. The molecule has 1 aliphatic heterocycles. The molecule has 0 spiro atoms. The Balaban J connectivity index is 1.60. The van der Waals surface area contributed by atoms with Crippen LogP contribution in [0, 0.1) is 5.82 Å². The van der Waals surface area contributed by atoms with Gasteiger partial charge in [0.15, 0.2) is 0 Å². The molecule has 0 saturated carbocycles. The SMILES string of the molecule is COC(=O)CN(CC(=O)OC)c1ccc(F)cc1OCCOc1cc(-c2c3ccc(=[N+](C)C)cc-3oc3cc(N(C)C)ccc23)ccc1N(CC(=O)OC)CC(=O)OC. The topological polar surface area (TPSA) is 150 Å². The van der Waals surface area contributed by atoms with Crippen molar-refractivity contribution >= 4 is 51.9 Å². The number of anilines is 3. The zero-order valence-corrected chi connectivity index (χ0v) is 34.3. The molecule has 1 aliphatic carbocycles. The van der Waals surface area contributed by atoms with Crippen LogP contribution in [0.1, 0.15) is 0 Å². The van der Waals surface area contributed by atoms with Gasteiger partial charge in [-0.3, -0.25) is 19.2 Å². The average molecular weight is 816 g/mol. The van der Waals surface area contributed by atoms with Crippen molar-refractivity contribution in [2.45, 2.75) is 0 Å². The molecule has 312 valence electrons. The van der Waals surface area contributed by atoms with E-state index in [1.54, 1.807) is 12.1 Å². The average Bonchev–Trinajstić information content (AvgIpc) is 3.22. The number of carbonyl (C=O) groups excluding carboxylic acids is 4. The van der Waals surface area contributed by atoms with Crippen molar-refractivity contribution in [2.75, 3.05) is 111 Å². The fourth-order valence-electron chi connectivity index (χ4n) is 6.28. The predicted molar refractivity (Wildman–Crippen MR) is 220 cm³/mol. The van der Waals surface area contributed by atoms with Gasteiger partial charge in [-0.05, 0) is 48.0 Å². The zero-order valence-electron chi connectivity index (χ0n) is 34.3. The molecule has 0 aromatic heterocycles. The second-order valence-corrected chi connectivity index (χ2v) is 13.6. The second kappa shape index (κ2) is 19.5. The molecule has 59 heavy (non-hydrogen) atoms. The van der Waals surface area contributed by atoms with Gasteiger partial charge in [-0.1, -0.05) is 6.07 Å². The van der Waals surface area contributed by atoms with Gasteiger partial charge in [-0.15, -0.1) is 0 Å². The first-order chi connectivity index (χ1) is 28.3. The summed E-state index contributed by atoms with van der Waals surface area (Å²) in [5.41, 5.74) is 4.59. The summed E-state index contributed by atoms with van der Waals surface area (Å²) in [6.07, 6.45) is 0. The number of nitrogens with zero attached hydrogens (tertiary/aromatic N) is 4. The highest BCUT2D eigenvalue weighted by Crippen LogP contribution is 2.43. The van der Waals surface area contributed by atoms with Crippen LogP contribution < -0.4 is 34.1 Å². The minimum absolute atomic E-state index is 0.0218. The third-order valence-corrected chi connectivity index (χ3v) is 9.36. The number of halogens is 1. The number of ether oxygens (including phenoxy) is 6. The highest BCUT2D eigenvalue weighted by atomic mass is 19.1. The van der Waals surface area contributed by atoms with Gasteiger partial charge in [-0.25, -0.2) is 8.97 Å². The van der Waals surface area contributed by atoms with Gasteiger partial charge in [0.05, 0.1) is 45.9 Å². The van der Waals surface area contributed by atoms with Gasteiger partial charge in [0.1, 0.15) is 82.1 Å². The Morgan fingerprint density at radius 1 is 0.644 bits per heavy atom. The van der Waals surface area contributed by atoms with Gasteiger partial charge in [0.2, 0.25) is 5.36 Å². The number of rotatable bonds is 17. The molecule has 16 heteroatoms. The second-order valence-electron chi connectivity index (χ2n) is 13.6. The largest absolute Gasteiger partial charge is 0.488 e. The van der Waals surface area contributed by atoms with Gasteiger partial charge in [-0.2, -0.15) is 0 Å². The summed E-state index contributed by atoms with van der Waals surface area (Å²) in [5.74, 6) is -2.19. The highest BCUT2D eigenvalue weighted by molar-refractivity contribution is 6.03. The van der Waals surface area contributed by atoms with E-state index in [0.717, 1.165) is 39.2 Å². The molecule has 3 aromatic rings. The predicted octanol–water partition coefficient (Wildman–Crippen LogP) is 4.20. The fraction of sp³-hybridized carbons (Fsp3) is 0.326. The van der Waals surface area contributed by atoms with Gasteiger partial charge < -0.3 is 47.5 Å². The number of esters is 4. The lowest BCUT2D eigenvalue weighted by atomic mass is 9.93. The van der Waals surface area contributed by atoms with Crippen LogP contribution in [0.25, 0.3) is 33.4 Å². The van der Waals surface area contributed by atoms with E-state index in [4.69, 9.17) is 32.8 Å². The third-order valence-electron chi connectivity index (χ3n) is 9.36. The van der Waals surface area contributed by atoms with E-state index in [1.807, 2.05) is 80.1 Å². The van der Waals surface area contributed by atoms with E-state index in [9.17, 15) is 23.6 Å². The van der Waals surface area contributed by atoms with Gasteiger partial charge in [0.25, 0.3) is 0 Å². The van der Waals surface area contributed by atoms with Crippen molar-refractivity contribution < 1.29 is 56.4 Å². The Hall–Kier alpha value is -6.84. The lowest BCUT2D eigenvalue weighted by Crippen LogP contribution is -2.36. The standard InChI is InChI=1S/C43H48FN4O11/c1-45(2)29-11-13-31-35(21-29)59-36-22-30(46(3)4)12-14-32(36)43(31)27-9-15-33(47(23-39(49)53-5)24-40(50)54-6)37(19-27)57-17-18-58-38-20-28(44)10-16-34(38)48(25-41(51)55-7)26-42(52)56-8/h9-16,19-22H,17-18,23-26H2,1-8H3/q+1. The van der Waals surface area contributed by atoms with Crippen molar-refractivity contribution in [3.05, 3.63) is 84.0 Å². The van der Waals surface area contributed by atoms with Gasteiger partial charge >= 0.3 is 23.9 Å². The molecule has 0 bridgehead atoms. The quantitative estimate of drug-likeness (QED) is 0.0434. The van der Waals surface area contributed by atoms with Crippen LogP contribution in [0.4, 0.5) is 21.5 Å². The first-order valence-electron chi connectivity index (χ1n) is 18.4. The summed E-state index contributed by atoms with van der Waals surface area (Å²) in [7, 11) is 12.7. The first kappa shape index (κ1) is 43.3. The van der Waals surface area contributed by atoms with E-state index in [1.165, 1.54) is 50.4 Å². The summed E-state index contributed by atoms with van der Waals surface area (Å²) in [5, 5.41) is 1.77. The Labute approximate surface area is 341 Å². The smallest absolute Gasteiger partial charge is 0.325 e. The lowest BCUT2D eigenvalue weighted by Gasteiger charge is -2.26. The van der Waals surface area contributed by atoms with Crippen molar-refractivity contribution in [1.82, 2.24) is 4.58 Å². The summed E-state index contributed by atoms with van der Waals surface area (Å²) in [6.45, 7) is -1.57. The van der Waals surface area contributed by atoms with Crippen LogP contribution in [-0.2, 0) is 38.1 Å². The minimum atomic E-state index is -0.646. The fourth-order valence-corrected chi connectivity index (χ4v) is 6.28. The molecule has 15 nitrogen and oxygen atoms in total. The molecule has 0 unspecified atom stereocenters. The minimum Gasteiger partial charge on any atom is -0.488 e. The van der Waals surface area contributed by atoms with Crippen molar-refractivity contribution in [2.24, 2.45) is 0 Å². The highest BCUT2D eigenvalue weighted by Gasteiger charge is 2.25. The van der Waals surface area contributed by atoms with Crippen LogP contribution in [0.5, 0.6) is 11.5 Å². The maximum absolute atomic E-state index is 14.6. The monoisotopic (exact) mass is 815 g/mol. The first-order valence-corrected chi connectivity index (χ1v) is 18.4. The molecular weight excluding hydrogens is 767 g/mol. The van der Waals surface area contributed by atoms with E-state index < -0.39 is 29.7 Å². The van der Waals surface area contributed by atoms with E-state index in [-0.39, 0.29) is 56.6 Å². The van der Waals surface area contributed by atoms with Crippen molar-refractivity contribution in [1.29, 1.82) is 0 Å². The molecule has 5 rings (SSSR count). The number of hydrogen-bond acceptors (Lipinski definition) is 14. The number of carbonyl (C=O) groups is 4. The van der Waals surface area contributed by atoms with E-state index in [2.05, 4.69) is 0 Å². The normalized spacial score (nSPS) is 10.8.